The van der Waals surface area contributed by atoms with Crippen LogP contribution in [-0.2, 0) is 19.1 Å². The molecule has 0 N–H and O–H groups in total. The molecule has 0 bridgehead atoms. The highest BCUT2D eigenvalue weighted by molar-refractivity contribution is 5.96. The molecular formula is C26H38O4. The summed E-state index contributed by atoms with van der Waals surface area (Å²) in [5, 5.41) is 0. The fourth-order valence-corrected chi connectivity index (χ4v) is 8.23. The number of hydrogen-bond acceptors (Lipinski definition) is 4. The number of esters is 1. The van der Waals surface area contributed by atoms with Crippen LogP contribution in [0, 0.1) is 46.3 Å². The largest absolute Gasteiger partial charge is 0.466 e. The fourth-order valence-electron chi connectivity index (χ4n) is 8.23. The van der Waals surface area contributed by atoms with Crippen LogP contribution in [0.3, 0.4) is 0 Å². The van der Waals surface area contributed by atoms with Crippen LogP contribution in [0.5, 0.6) is 0 Å². The van der Waals surface area contributed by atoms with Crippen LogP contribution in [0.1, 0.15) is 79.6 Å². The number of Topliss-reactive ketones (excluding diaryl/α,β-unsaturated/α-hetero) is 1. The predicted octanol–water partition coefficient (Wildman–Crippen LogP) is 5.15. The molecule has 3 saturated carbocycles. The lowest BCUT2D eigenvalue weighted by molar-refractivity contribution is -0.148. The van der Waals surface area contributed by atoms with E-state index in [1.807, 2.05) is 6.08 Å². The summed E-state index contributed by atoms with van der Waals surface area (Å²) >= 11 is 0. The van der Waals surface area contributed by atoms with E-state index in [4.69, 9.17) is 4.74 Å². The zero-order valence-electron chi connectivity index (χ0n) is 19.3. The van der Waals surface area contributed by atoms with Gasteiger partial charge in [-0.25, -0.2) is 0 Å². The minimum Gasteiger partial charge on any atom is -0.466 e. The molecule has 0 saturated heterocycles. The highest BCUT2D eigenvalue weighted by atomic mass is 16.5. The Balaban J connectivity index is 1.66. The SMILES string of the molecule is CC[C@@H]1C(=O)C2C(CC[C@@]3(C)C2CC[C@@H]3[C@H](C)COC(C)=O)[C@@]2(C)CCC(=O)C=C12. The maximum atomic E-state index is 13.8. The van der Waals surface area contributed by atoms with Crippen molar-refractivity contribution < 1.29 is 19.1 Å². The normalized spacial score (nSPS) is 43.9. The summed E-state index contributed by atoms with van der Waals surface area (Å²) in [6.07, 6.45) is 8.59. The second-order valence-electron chi connectivity index (χ2n) is 11.1. The van der Waals surface area contributed by atoms with Crippen molar-refractivity contribution in [3.8, 4) is 0 Å². The number of allylic oxidation sites excluding steroid dienone is 1. The Kier molecular flexibility index (Phi) is 5.51. The summed E-state index contributed by atoms with van der Waals surface area (Å²) in [6.45, 7) is 11.0. The number of carbonyl (C=O) groups is 3. The Morgan fingerprint density at radius 1 is 1.17 bits per heavy atom. The van der Waals surface area contributed by atoms with Crippen LogP contribution in [0.4, 0.5) is 0 Å². The minimum atomic E-state index is -0.211. The summed E-state index contributed by atoms with van der Waals surface area (Å²) in [6, 6.07) is 0. The van der Waals surface area contributed by atoms with Gasteiger partial charge in [0.1, 0.15) is 5.78 Å². The number of ketones is 2. The van der Waals surface area contributed by atoms with Gasteiger partial charge in [0, 0.05) is 25.2 Å². The molecule has 8 atom stereocenters. The van der Waals surface area contributed by atoms with Crippen molar-refractivity contribution in [2.45, 2.75) is 79.6 Å². The van der Waals surface area contributed by atoms with Gasteiger partial charge in [0.2, 0.25) is 0 Å². The third kappa shape index (κ3) is 3.12. The molecule has 0 radical (unpaired) electrons. The molecular weight excluding hydrogens is 376 g/mol. The van der Waals surface area contributed by atoms with Crippen LogP contribution in [0.25, 0.3) is 0 Å². The Bertz CT molecular complexity index is 782. The molecule has 4 aliphatic rings. The molecule has 4 rings (SSSR count). The van der Waals surface area contributed by atoms with Crippen molar-refractivity contribution in [1.82, 2.24) is 0 Å². The standard InChI is InChI=1S/C26H38O4/c1-6-18-22-13-17(28)9-11-26(22,5)21-10-12-25(4)19(15(2)14-30-16(3)27)7-8-20(25)23(21)24(18)29/h13,15,18-21,23H,6-12,14H2,1-5H3/t15-,18+,19-,20?,21?,23?,25-,26-/m1/s1. The van der Waals surface area contributed by atoms with Gasteiger partial charge >= 0.3 is 5.97 Å². The second kappa shape index (κ2) is 7.60. The highest BCUT2D eigenvalue weighted by Crippen LogP contribution is 2.67. The predicted molar refractivity (Wildman–Crippen MR) is 116 cm³/mol. The van der Waals surface area contributed by atoms with Crippen molar-refractivity contribution >= 4 is 17.5 Å². The highest BCUT2D eigenvalue weighted by Gasteiger charge is 2.63. The molecule has 0 aromatic rings. The van der Waals surface area contributed by atoms with Gasteiger partial charge in [-0.05, 0) is 84.7 Å². The number of fused-ring (bicyclic) bond motifs is 5. The van der Waals surface area contributed by atoms with E-state index in [0.717, 1.165) is 44.1 Å². The molecule has 4 aliphatic carbocycles. The van der Waals surface area contributed by atoms with E-state index < -0.39 is 0 Å². The van der Waals surface area contributed by atoms with Crippen LogP contribution >= 0.6 is 0 Å². The first-order valence-electron chi connectivity index (χ1n) is 12.1. The Labute approximate surface area is 181 Å². The molecule has 4 heteroatoms. The van der Waals surface area contributed by atoms with E-state index >= 15 is 0 Å². The van der Waals surface area contributed by atoms with E-state index in [9.17, 15) is 14.4 Å². The first-order chi connectivity index (χ1) is 14.1. The fraction of sp³-hybridized carbons (Fsp3) is 0.808. The maximum Gasteiger partial charge on any atom is 0.302 e. The Morgan fingerprint density at radius 3 is 2.57 bits per heavy atom. The Hall–Kier alpha value is -1.45. The molecule has 4 nitrogen and oxygen atoms in total. The molecule has 0 heterocycles. The van der Waals surface area contributed by atoms with Crippen LogP contribution in [0.15, 0.2) is 11.6 Å². The molecule has 166 valence electrons. The molecule has 0 aliphatic heterocycles. The van der Waals surface area contributed by atoms with E-state index in [2.05, 4.69) is 27.7 Å². The zero-order valence-corrected chi connectivity index (χ0v) is 19.3. The van der Waals surface area contributed by atoms with Gasteiger partial charge in [-0.1, -0.05) is 27.7 Å². The quantitative estimate of drug-likeness (QED) is 0.597. The third-order valence-electron chi connectivity index (χ3n) is 9.72. The van der Waals surface area contributed by atoms with Gasteiger partial charge in [0.25, 0.3) is 0 Å². The third-order valence-corrected chi connectivity index (χ3v) is 9.72. The van der Waals surface area contributed by atoms with Crippen molar-refractivity contribution in [3.63, 3.8) is 0 Å². The van der Waals surface area contributed by atoms with E-state index in [1.54, 1.807) is 0 Å². The maximum absolute atomic E-state index is 13.8. The van der Waals surface area contributed by atoms with E-state index in [1.165, 1.54) is 6.92 Å². The van der Waals surface area contributed by atoms with Crippen LogP contribution in [0.2, 0.25) is 0 Å². The van der Waals surface area contributed by atoms with Crippen LogP contribution < -0.4 is 0 Å². The van der Waals surface area contributed by atoms with Crippen molar-refractivity contribution in [2.24, 2.45) is 46.3 Å². The van der Waals surface area contributed by atoms with Gasteiger partial charge in [0.05, 0.1) is 6.61 Å². The molecule has 3 unspecified atom stereocenters. The summed E-state index contributed by atoms with van der Waals surface area (Å²) in [5.41, 5.74) is 1.28. The first-order valence-corrected chi connectivity index (χ1v) is 12.1. The van der Waals surface area contributed by atoms with Gasteiger partial charge in [0.15, 0.2) is 5.78 Å². The minimum absolute atomic E-state index is 0.00403. The van der Waals surface area contributed by atoms with Gasteiger partial charge in [-0.2, -0.15) is 0 Å². The lowest BCUT2D eigenvalue weighted by atomic mass is 9.44. The van der Waals surface area contributed by atoms with Gasteiger partial charge < -0.3 is 4.74 Å². The number of ether oxygens (including phenoxy) is 1. The lowest BCUT2D eigenvalue weighted by Gasteiger charge is -2.59. The van der Waals surface area contributed by atoms with Crippen molar-refractivity contribution in [1.29, 1.82) is 0 Å². The van der Waals surface area contributed by atoms with Gasteiger partial charge in [-0.15, -0.1) is 0 Å². The molecule has 30 heavy (non-hydrogen) atoms. The molecule has 3 fully saturated rings. The zero-order chi connectivity index (χ0) is 21.8. The monoisotopic (exact) mass is 414 g/mol. The molecule has 0 spiro atoms. The van der Waals surface area contributed by atoms with Gasteiger partial charge in [-0.3, -0.25) is 14.4 Å². The smallest absolute Gasteiger partial charge is 0.302 e. The average Bonchev–Trinajstić information content (AvgIpc) is 3.05. The summed E-state index contributed by atoms with van der Waals surface area (Å²) < 4.78 is 5.35. The van der Waals surface area contributed by atoms with E-state index in [-0.39, 0.29) is 34.4 Å². The van der Waals surface area contributed by atoms with Crippen molar-refractivity contribution in [3.05, 3.63) is 11.6 Å². The van der Waals surface area contributed by atoms with Crippen molar-refractivity contribution in [2.75, 3.05) is 6.61 Å². The number of rotatable bonds is 4. The topological polar surface area (TPSA) is 60.4 Å². The lowest BCUT2D eigenvalue weighted by Crippen LogP contribution is -2.57. The Morgan fingerprint density at radius 2 is 1.90 bits per heavy atom. The number of carbonyl (C=O) groups excluding carboxylic acids is 3. The molecule has 0 amide bonds. The molecule has 0 aromatic heterocycles. The first kappa shape index (κ1) is 21.8. The van der Waals surface area contributed by atoms with E-state index in [0.29, 0.717) is 42.5 Å². The second-order valence-corrected chi connectivity index (χ2v) is 11.1. The summed E-state index contributed by atoms with van der Waals surface area (Å²) in [7, 11) is 0. The van der Waals surface area contributed by atoms with Crippen LogP contribution in [-0.4, -0.2) is 24.1 Å². The average molecular weight is 415 g/mol. The molecule has 0 aromatic carbocycles. The summed E-state index contributed by atoms with van der Waals surface area (Å²) in [4.78, 5) is 37.4. The summed E-state index contributed by atoms with van der Waals surface area (Å²) in [5.74, 6) is 2.03. The number of hydrogen-bond donors (Lipinski definition) is 0.